The Morgan fingerprint density at radius 1 is 1.29 bits per heavy atom. The van der Waals surface area contributed by atoms with Crippen LogP contribution in [0.5, 0.6) is 5.88 Å². The molecule has 2 aliphatic heterocycles. The number of anilines is 1. The quantitative estimate of drug-likeness (QED) is 0.376. The number of methoxy groups -OCH3 is 1. The minimum atomic E-state index is -3.25. The number of hydrogen-bond acceptors (Lipinski definition) is 8. The Morgan fingerprint density at radius 3 is 2.74 bits per heavy atom. The van der Waals surface area contributed by atoms with Gasteiger partial charge in [0.05, 0.1) is 61.6 Å². The van der Waals surface area contributed by atoms with E-state index in [4.69, 9.17) is 15.2 Å². The van der Waals surface area contributed by atoms with Gasteiger partial charge in [0.15, 0.2) is 5.82 Å². The van der Waals surface area contributed by atoms with Crippen molar-refractivity contribution in [2.24, 2.45) is 0 Å². The van der Waals surface area contributed by atoms with Gasteiger partial charge in [-0.15, -0.1) is 10.2 Å². The first kappa shape index (κ1) is 24.8. The Balaban J connectivity index is 1.54. The van der Waals surface area contributed by atoms with E-state index < -0.39 is 36.9 Å². The highest BCUT2D eigenvalue weighted by Gasteiger charge is 2.50. The molecule has 5 heterocycles. The summed E-state index contributed by atoms with van der Waals surface area (Å²) in [5, 5.41) is 12.2. The van der Waals surface area contributed by atoms with Crippen LogP contribution in [0.1, 0.15) is 31.0 Å². The summed E-state index contributed by atoms with van der Waals surface area (Å²) in [6.07, 6.45) is 0.00192. The van der Waals surface area contributed by atoms with Crippen LogP contribution in [0.4, 0.5) is 23.5 Å². The number of ether oxygens (including phenoxy) is 2. The molecule has 38 heavy (non-hydrogen) atoms. The molecule has 2 fully saturated rings. The third-order valence-corrected chi connectivity index (χ3v) is 7.43. The van der Waals surface area contributed by atoms with Crippen molar-refractivity contribution in [2.75, 3.05) is 45.8 Å². The monoisotopic (exact) mass is 534 g/mol. The Hall–Kier alpha value is -3.52. The second kappa shape index (κ2) is 9.05. The average molecular weight is 535 g/mol. The number of benzene rings is 1. The predicted molar refractivity (Wildman–Crippen MR) is 130 cm³/mol. The number of nitrogen functional groups attached to an aromatic ring is 1. The molecule has 3 aromatic heterocycles. The number of hydrogen-bond donors (Lipinski definition) is 1. The summed E-state index contributed by atoms with van der Waals surface area (Å²) in [5.41, 5.74) is 6.89. The molecule has 2 atom stereocenters. The molecule has 1 aromatic carbocycles. The van der Waals surface area contributed by atoms with Gasteiger partial charge in [0.1, 0.15) is 17.7 Å². The standard InChI is InChI=1S/C24H26F4N8O2/c1-12(8-25)35-17-7-13(3-4-16(17)31-33-35)18-19(26)20(36-21(18)22(37-2)30-23(29)32-36)15-5-6-34(11-24(15,27)28)14-9-38-10-14/h3-4,7,12,14-15H,5-6,8-11H2,1-2H3,(H2,29,32)/t12-,15-/m1/s1. The van der Waals surface area contributed by atoms with Gasteiger partial charge in [0, 0.05) is 0 Å². The molecule has 0 amide bonds. The SMILES string of the molecule is COc1nc(N)nn2c([C@H]3CCN(C4COC4)CC3(F)F)c(F)c(-c3ccc4nnn([C@H](C)CF)c4c3)c12. The van der Waals surface area contributed by atoms with Gasteiger partial charge in [-0.2, -0.15) is 4.98 Å². The molecule has 0 unspecified atom stereocenters. The molecule has 2 saturated heterocycles. The van der Waals surface area contributed by atoms with Crippen molar-refractivity contribution >= 4 is 22.5 Å². The Bertz CT molecular complexity index is 1520. The first-order chi connectivity index (χ1) is 18.2. The van der Waals surface area contributed by atoms with E-state index in [2.05, 4.69) is 20.4 Å². The number of aromatic nitrogens is 6. The van der Waals surface area contributed by atoms with E-state index in [-0.39, 0.29) is 41.1 Å². The Labute approximate surface area is 214 Å². The van der Waals surface area contributed by atoms with Gasteiger partial charge in [-0.25, -0.2) is 26.8 Å². The van der Waals surface area contributed by atoms with Crippen molar-refractivity contribution in [2.45, 2.75) is 37.3 Å². The third-order valence-electron chi connectivity index (χ3n) is 7.43. The van der Waals surface area contributed by atoms with Crippen molar-refractivity contribution < 1.29 is 27.0 Å². The molecular weight excluding hydrogens is 508 g/mol. The van der Waals surface area contributed by atoms with E-state index in [1.807, 2.05) is 0 Å². The van der Waals surface area contributed by atoms with E-state index in [1.165, 1.54) is 11.8 Å². The fraction of sp³-hybridized carbons (Fsp3) is 0.500. The van der Waals surface area contributed by atoms with Crippen molar-refractivity contribution in [3.05, 3.63) is 29.7 Å². The van der Waals surface area contributed by atoms with E-state index in [9.17, 15) is 4.39 Å². The van der Waals surface area contributed by atoms with E-state index in [0.29, 0.717) is 36.4 Å². The lowest BCUT2D eigenvalue weighted by Gasteiger charge is -2.44. The Kier molecular flexibility index (Phi) is 5.90. The molecule has 0 spiro atoms. The van der Waals surface area contributed by atoms with Gasteiger partial charge in [-0.05, 0) is 37.6 Å². The van der Waals surface area contributed by atoms with Crippen LogP contribution in [0, 0.1) is 5.82 Å². The second-order valence-electron chi connectivity index (χ2n) is 9.82. The molecule has 0 saturated carbocycles. The summed E-state index contributed by atoms with van der Waals surface area (Å²) < 4.78 is 74.3. The van der Waals surface area contributed by atoms with Crippen LogP contribution in [0.3, 0.4) is 0 Å². The zero-order valence-electron chi connectivity index (χ0n) is 20.7. The van der Waals surface area contributed by atoms with Gasteiger partial charge < -0.3 is 15.2 Å². The van der Waals surface area contributed by atoms with Crippen molar-refractivity contribution in [3.8, 4) is 17.0 Å². The molecule has 2 N–H and O–H groups in total. The summed E-state index contributed by atoms with van der Waals surface area (Å²) >= 11 is 0. The van der Waals surface area contributed by atoms with Crippen molar-refractivity contribution in [1.82, 2.24) is 34.5 Å². The molecular formula is C24H26F4N8O2. The van der Waals surface area contributed by atoms with Gasteiger partial charge in [-0.1, -0.05) is 11.3 Å². The molecule has 14 heteroatoms. The Morgan fingerprint density at radius 2 is 2.08 bits per heavy atom. The normalized spacial score (nSPS) is 21.2. The van der Waals surface area contributed by atoms with E-state index in [1.54, 1.807) is 30.0 Å². The number of fused-ring (bicyclic) bond motifs is 2. The maximum absolute atomic E-state index is 16.5. The summed E-state index contributed by atoms with van der Waals surface area (Å²) in [6.45, 7) is 1.59. The highest BCUT2D eigenvalue weighted by Crippen LogP contribution is 2.47. The number of likely N-dealkylation sites (tertiary alicyclic amines) is 1. The maximum Gasteiger partial charge on any atom is 0.268 e. The molecule has 2 aliphatic rings. The number of nitrogens with two attached hydrogens (primary N) is 1. The van der Waals surface area contributed by atoms with Crippen molar-refractivity contribution in [3.63, 3.8) is 0 Å². The summed E-state index contributed by atoms with van der Waals surface area (Å²) in [6, 6.07) is 4.12. The second-order valence-corrected chi connectivity index (χ2v) is 9.82. The fourth-order valence-electron chi connectivity index (χ4n) is 5.37. The van der Waals surface area contributed by atoms with Crippen molar-refractivity contribution in [1.29, 1.82) is 0 Å². The van der Waals surface area contributed by atoms with Crippen LogP contribution in [0.2, 0.25) is 0 Å². The zero-order valence-corrected chi connectivity index (χ0v) is 20.7. The largest absolute Gasteiger partial charge is 0.479 e. The minimum absolute atomic E-state index is 0.00192. The summed E-state index contributed by atoms with van der Waals surface area (Å²) in [4.78, 5) is 5.76. The first-order valence-electron chi connectivity index (χ1n) is 12.3. The highest BCUT2D eigenvalue weighted by molar-refractivity contribution is 5.90. The average Bonchev–Trinajstić information content (AvgIpc) is 3.39. The maximum atomic E-state index is 16.5. The molecule has 202 valence electrons. The van der Waals surface area contributed by atoms with Gasteiger partial charge in [0.25, 0.3) is 5.92 Å². The molecule has 0 bridgehead atoms. The zero-order chi connectivity index (χ0) is 26.8. The topological polar surface area (TPSA) is 109 Å². The number of piperidine rings is 1. The smallest absolute Gasteiger partial charge is 0.268 e. The third kappa shape index (κ3) is 3.76. The highest BCUT2D eigenvalue weighted by atomic mass is 19.3. The molecule has 10 nitrogen and oxygen atoms in total. The minimum Gasteiger partial charge on any atom is -0.479 e. The summed E-state index contributed by atoms with van der Waals surface area (Å²) in [5.74, 6) is -5.91. The van der Waals surface area contributed by atoms with Gasteiger partial charge >= 0.3 is 0 Å². The van der Waals surface area contributed by atoms with E-state index >= 15 is 13.2 Å². The number of alkyl halides is 3. The van der Waals surface area contributed by atoms with Crippen LogP contribution < -0.4 is 10.5 Å². The molecule has 0 aliphatic carbocycles. The van der Waals surface area contributed by atoms with Gasteiger partial charge in [-0.3, -0.25) is 4.90 Å². The van der Waals surface area contributed by atoms with Crippen LogP contribution in [-0.4, -0.2) is 86.5 Å². The molecule has 4 aromatic rings. The predicted octanol–water partition coefficient (Wildman–Crippen LogP) is 3.22. The number of halogens is 4. The summed E-state index contributed by atoms with van der Waals surface area (Å²) in [7, 11) is 1.33. The van der Waals surface area contributed by atoms with Crippen LogP contribution in [0.25, 0.3) is 27.7 Å². The first-order valence-corrected chi connectivity index (χ1v) is 12.3. The van der Waals surface area contributed by atoms with Crippen LogP contribution >= 0.6 is 0 Å². The molecule has 0 radical (unpaired) electrons. The lowest BCUT2D eigenvalue weighted by molar-refractivity contribution is -0.137. The number of nitrogens with zero attached hydrogens (tertiary/aromatic N) is 7. The lowest BCUT2D eigenvalue weighted by atomic mass is 9.88. The lowest BCUT2D eigenvalue weighted by Crippen LogP contribution is -2.57. The number of rotatable bonds is 6. The van der Waals surface area contributed by atoms with Crippen LogP contribution in [0.15, 0.2) is 18.2 Å². The molecule has 6 rings (SSSR count). The van der Waals surface area contributed by atoms with E-state index in [0.717, 1.165) is 4.52 Å². The fourth-order valence-corrected chi connectivity index (χ4v) is 5.37. The van der Waals surface area contributed by atoms with Gasteiger partial charge in [0.2, 0.25) is 11.8 Å². The van der Waals surface area contributed by atoms with Crippen LogP contribution in [-0.2, 0) is 4.74 Å².